The van der Waals surface area contributed by atoms with Crippen molar-refractivity contribution < 1.29 is 0 Å². The lowest BCUT2D eigenvalue weighted by Gasteiger charge is -1.96. The van der Waals surface area contributed by atoms with Crippen LogP contribution < -0.4 is 0 Å². The summed E-state index contributed by atoms with van der Waals surface area (Å²) in [4.78, 5) is 1.31. The van der Waals surface area contributed by atoms with Crippen LogP contribution in [0.15, 0.2) is 35.7 Å². The number of rotatable bonds is 1. The number of benzene rings is 1. The molecule has 0 saturated carbocycles. The Balaban J connectivity index is 2.39. The summed E-state index contributed by atoms with van der Waals surface area (Å²) in [6.07, 6.45) is 0. The standard InChI is InChI=1S/C12H9NS/c1-9-6-12(8-14-9)11-4-2-10(7-13)3-5-11/h2-6,8H,1H3. The molecule has 2 rings (SSSR count). The highest BCUT2D eigenvalue weighted by molar-refractivity contribution is 7.10. The second-order valence-electron chi connectivity index (χ2n) is 3.14. The van der Waals surface area contributed by atoms with Crippen LogP contribution in [-0.4, -0.2) is 0 Å². The molecule has 0 N–H and O–H groups in total. The van der Waals surface area contributed by atoms with Crippen molar-refractivity contribution in [2.75, 3.05) is 0 Å². The molecule has 1 heterocycles. The third-order valence-corrected chi connectivity index (χ3v) is 2.94. The highest BCUT2D eigenvalue weighted by Crippen LogP contribution is 2.25. The van der Waals surface area contributed by atoms with Gasteiger partial charge in [-0.25, -0.2) is 0 Å². The van der Waals surface area contributed by atoms with Crippen molar-refractivity contribution >= 4 is 11.3 Å². The van der Waals surface area contributed by atoms with Crippen molar-refractivity contribution in [3.05, 3.63) is 46.2 Å². The summed E-state index contributed by atoms with van der Waals surface area (Å²) in [6, 6.07) is 11.9. The fourth-order valence-corrected chi connectivity index (χ4v) is 2.04. The predicted molar refractivity (Wildman–Crippen MR) is 59.2 cm³/mol. The van der Waals surface area contributed by atoms with Gasteiger partial charge in [0.1, 0.15) is 0 Å². The van der Waals surface area contributed by atoms with Crippen LogP contribution >= 0.6 is 11.3 Å². The van der Waals surface area contributed by atoms with E-state index in [1.165, 1.54) is 16.0 Å². The van der Waals surface area contributed by atoms with Crippen molar-refractivity contribution in [1.82, 2.24) is 0 Å². The molecule has 0 aliphatic rings. The summed E-state index contributed by atoms with van der Waals surface area (Å²) in [5, 5.41) is 10.8. The van der Waals surface area contributed by atoms with Gasteiger partial charge in [-0.15, -0.1) is 11.3 Å². The molecule has 0 aliphatic heterocycles. The van der Waals surface area contributed by atoms with Gasteiger partial charge in [-0.1, -0.05) is 12.1 Å². The lowest BCUT2D eigenvalue weighted by molar-refractivity contribution is 1.48. The number of thiophene rings is 1. The van der Waals surface area contributed by atoms with E-state index < -0.39 is 0 Å². The molecule has 0 unspecified atom stereocenters. The van der Waals surface area contributed by atoms with Crippen LogP contribution in [0.4, 0.5) is 0 Å². The van der Waals surface area contributed by atoms with E-state index in [1.54, 1.807) is 11.3 Å². The number of hydrogen-bond acceptors (Lipinski definition) is 2. The van der Waals surface area contributed by atoms with Gasteiger partial charge in [-0.2, -0.15) is 5.26 Å². The summed E-state index contributed by atoms with van der Waals surface area (Å²) in [5.41, 5.74) is 3.12. The maximum absolute atomic E-state index is 8.66. The quantitative estimate of drug-likeness (QED) is 0.688. The molecular formula is C12H9NS. The minimum Gasteiger partial charge on any atom is -0.192 e. The zero-order valence-corrected chi connectivity index (χ0v) is 8.64. The molecule has 0 spiro atoms. The molecular weight excluding hydrogens is 190 g/mol. The lowest BCUT2D eigenvalue weighted by atomic mass is 10.1. The fourth-order valence-electron chi connectivity index (χ4n) is 1.33. The number of nitriles is 1. The van der Waals surface area contributed by atoms with Crippen molar-refractivity contribution in [3.8, 4) is 17.2 Å². The molecule has 68 valence electrons. The van der Waals surface area contributed by atoms with E-state index in [0.29, 0.717) is 5.56 Å². The minimum absolute atomic E-state index is 0.709. The van der Waals surface area contributed by atoms with Crippen molar-refractivity contribution in [1.29, 1.82) is 5.26 Å². The second-order valence-corrected chi connectivity index (χ2v) is 4.25. The molecule has 0 radical (unpaired) electrons. The zero-order valence-electron chi connectivity index (χ0n) is 7.82. The Kier molecular flexibility index (Phi) is 2.34. The van der Waals surface area contributed by atoms with Gasteiger partial charge in [0.05, 0.1) is 11.6 Å². The van der Waals surface area contributed by atoms with Crippen molar-refractivity contribution in [3.63, 3.8) is 0 Å². The van der Waals surface area contributed by atoms with E-state index in [-0.39, 0.29) is 0 Å². The summed E-state index contributed by atoms with van der Waals surface area (Å²) in [7, 11) is 0. The Morgan fingerprint density at radius 3 is 2.36 bits per heavy atom. The maximum Gasteiger partial charge on any atom is 0.0991 e. The number of aryl methyl sites for hydroxylation is 1. The van der Waals surface area contributed by atoms with Crippen LogP contribution in [0.25, 0.3) is 11.1 Å². The van der Waals surface area contributed by atoms with E-state index in [9.17, 15) is 0 Å². The van der Waals surface area contributed by atoms with Gasteiger partial charge in [-0.3, -0.25) is 0 Å². The predicted octanol–water partition coefficient (Wildman–Crippen LogP) is 3.60. The first-order valence-electron chi connectivity index (χ1n) is 4.35. The first-order valence-corrected chi connectivity index (χ1v) is 5.23. The molecule has 2 heteroatoms. The van der Waals surface area contributed by atoms with Gasteiger partial charge in [0.25, 0.3) is 0 Å². The van der Waals surface area contributed by atoms with E-state index >= 15 is 0 Å². The Labute approximate surface area is 87.3 Å². The van der Waals surface area contributed by atoms with E-state index in [4.69, 9.17) is 5.26 Å². The monoisotopic (exact) mass is 199 g/mol. The molecule has 1 aromatic heterocycles. The normalized spacial score (nSPS) is 9.71. The molecule has 2 aromatic rings. The molecule has 0 aliphatic carbocycles. The lowest BCUT2D eigenvalue weighted by Crippen LogP contribution is -1.75. The van der Waals surface area contributed by atoms with Gasteiger partial charge in [0.2, 0.25) is 0 Å². The molecule has 14 heavy (non-hydrogen) atoms. The number of nitrogens with zero attached hydrogens (tertiary/aromatic N) is 1. The third-order valence-electron chi connectivity index (χ3n) is 2.08. The average molecular weight is 199 g/mol. The SMILES string of the molecule is Cc1cc(-c2ccc(C#N)cc2)cs1. The molecule has 0 saturated heterocycles. The summed E-state index contributed by atoms with van der Waals surface area (Å²) < 4.78 is 0. The van der Waals surface area contributed by atoms with Crippen LogP contribution in [0.1, 0.15) is 10.4 Å². The Morgan fingerprint density at radius 1 is 1.14 bits per heavy atom. The molecule has 0 bridgehead atoms. The molecule has 1 aromatic carbocycles. The number of hydrogen-bond donors (Lipinski definition) is 0. The van der Waals surface area contributed by atoms with Crippen LogP contribution in [0, 0.1) is 18.3 Å². The second kappa shape index (κ2) is 3.65. The maximum atomic E-state index is 8.66. The first kappa shape index (κ1) is 8.98. The van der Waals surface area contributed by atoms with Crippen LogP contribution in [-0.2, 0) is 0 Å². The first-order chi connectivity index (χ1) is 6.79. The van der Waals surface area contributed by atoms with Crippen molar-refractivity contribution in [2.24, 2.45) is 0 Å². The van der Waals surface area contributed by atoms with E-state index in [0.717, 1.165) is 0 Å². The van der Waals surface area contributed by atoms with E-state index in [2.05, 4.69) is 24.4 Å². The van der Waals surface area contributed by atoms with Gasteiger partial charge in [0, 0.05) is 4.88 Å². The topological polar surface area (TPSA) is 23.8 Å². The third kappa shape index (κ3) is 1.68. The van der Waals surface area contributed by atoms with Crippen LogP contribution in [0.2, 0.25) is 0 Å². The van der Waals surface area contributed by atoms with Crippen molar-refractivity contribution in [2.45, 2.75) is 6.92 Å². The zero-order chi connectivity index (χ0) is 9.97. The molecule has 0 amide bonds. The van der Waals surface area contributed by atoms with Gasteiger partial charge >= 0.3 is 0 Å². The smallest absolute Gasteiger partial charge is 0.0991 e. The van der Waals surface area contributed by atoms with Crippen LogP contribution in [0.3, 0.4) is 0 Å². The summed E-state index contributed by atoms with van der Waals surface area (Å²) in [5.74, 6) is 0. The van der Waals surface area contributed by atoms with Crippen LogP contribution in [0.5, 0.6) is 0 Å². The summed E-state index contributed by atoms with van der Waals surface area (Å²) >= 11 is 1.74. The van der Waals surface area contributed by atoms with Gasteiger partial charge in [0.15, 0.2) is 0 Å². The van der Waals surface area contributed by atoms with Gasteiger partial charge in [-0.05, 0) is 41.6 Å². The van der Waals surface area contributed by atoms with Gasteiger partial charge < -0.3 is 0 Å². The minimum atomic E-state index is 0.709. The molecule has 0 atom stereocenters. The molecule has 0 fully saturated rings. The fraction of sp³-hybridized carbons (Fsp3) is 0.0833. The summed E-state index contributed by atoms with van der Waals surface area (Å²) in [6.45, 7) is 2.10. The average Bonchev–Trinajstić information content (AvgIpc) is 2.65. The Bertz CT molecular complexity index is 474. The molecule has 1 nitrogen and oxygen atoms in total. The van der Waals surface area contributed by atoms with E-state index in [1.807, 2.05) is 24.3 Å². The Morgan fingerprint density at radius 2 is 1.86 bits per heavy atom. The highest BCUT2D eigenvalue weighted by Gasteiger charge is 1.99. The highest BCUT2D eigenvalue weighted by atomic mass is 32.1. The Hall–Kier alpha value is -1.59. The largest absolute Gasteiger partial charge is 0.192 e.